The highest BCUT2D eigenvalue weighted by Crippen LogP contribution is 2.32. The van der Waals surface area contributed by atoms with Gasteiger partial charge in [-0.3, -0.25) is 0 Å². The van der Waals surface area contributed by atoms with Crippen LogP contribution in [0.2, 0.25) is 0 Å². The number of anilines is 1. The molecule has 39 heavy (non-hydrogen) atoms. The Bertz CT molecular complexity index is 1350. The van der Waals surface area contributed by atoms with E-state index in [2.05, 4.69) is 4.90 Å². The lowest BCUT2D eigenvalue weighted by Gasteiger charge is -2.38. The standard InChI is InChI=1S/C27H36F3N3O4S2/c1-31(2)39(36,37)24-8-6-23(7-9-24)38(34,35)19-12-22-4-3-5-25(28)26(22)33-15-10-21(11-16-33)20-32-17-13-27(29,30)14-18-32/h3-9,21H,10-20H2,1-2H3. The summed E-state index contributed by atoms with van der Waals surface area (Å²) < 4.78 is 93.6. The highest BCUT2D eigenvalue weighted by molar-refractivity contribution is 7.91. The molecular weight excluding hydrogens is 551 g/mol. The minimum Gasteiger partial charge on any atom is -0.369 e. The molecule has 0 N–H and O–H groups in total. The number of benzene rings is 2. The van der Waals surface area contributed by atoms with Crippen molar-refractivity contribution in [3.05, 3.63) is 53.8 Å². The fourth-order valence-corrected chi connectivity index (χ4v) is 7.45. The summed E-state index contributed by atoms with van der Waals surface area (Å²) in [6, 6.07) is 9.79. The zero-order valence-corrected chi connectivity index (χ0v) is 24.0. The minimum atomic E-state index is -3.74. The van der Waals surface area contributed by atoms with Crippen LogP contribution in [-0.4, -0.2) is 84.5 Å². The van der Waals surface area contributed by atoms with Crippen LogP contribution in [0.15, 0.2) is 52.3 Å². The van der Waals surface area contributed by atoms with Gasteiger partial charge in [-0.1, -0.05) is 12.1 Å². The third kappa shape index (κ3) is 7.14. The van der Waals surface area contributed by atoms with Crippen LogP contribution in [0.3, 0.4) is 0 Å². The second kappa shape index (κ2) is 11.8. The molecule has 2 aromatic carbocycles. The van der Waals surface area contributed by atoms with Crippen molar-refractivity contribution in [1.82, 2.24) is 9.21 Å². The van der Waals surface area contributed by atoms with Gasteiger partial charge in [0.2, 0.25) is 10.0 Å². The maximum absolute atomic E-state index is 15.0. The number of sulfonamides is 1. The number of rotatable bonds is 9. The van der Waals surface area contributed by atoms with Gasteiger partial charge in [0.1, 0.15) is 5.82 Å². The summed E-state index contributed by atoms with van der Waals surface area (Å²) in [4.78, 5) is 4.06. The van der Waals surface area contributed by atoms with E-state index in [1.165, 1.54) is 44.4 Å². The van der Waals surface area contributed by atoms with Crippen LogP contribution in [0, 0.1) is 11.7 Å². The van der Waals surface area contributed by atoms with Crippen molar-refractivity contribution < 1.29 is 30.0 Å². The number of aryl methyl sites for hydroxylation is 1. The number of hydrogen-bond donors (Lipinski definition) is 0. The summed E-state index contributed by atoms with van der Waals surface area (Å²) in [5, 5.41) is 0. The summed E-state index contributed by atoms with van der Waals surface area (Å²) in [7, 11) is -4.62. The van der Waals surface area contributed by atoms with Crippen molar-refractivity contribution in [2.75, 3.05) is 57.5 Å². The highest BCUT2D eigenvalue weighted by Gasteiger charge is 2.35. The lowest BCUT2D eigenvalue weighted by Crippen LogP contribution is -2.44. The molecule has 0 amide bonds. The molecule has 2 saturated heterocycles. The third-order valence-corrected chi connectivity index (χ3v) is 11.3. The van der Waals surface area contributed by atoms with Gasteiger partial charge < -0.3 is 9.80 Å². The predicted molar refractivity (Wildman–Crippen MR) is 145 cm³/mol. The van der Waals surface area contributed by atoms with E-state index in [0.29, 0.717) is 43.3 Å². The quantitative estimate of drug-likeness (QED) is 0.441. The van der Waals surface area contributed by atoms with Gasteiger partial charge >= 0.3 is 0 Å². The Labute approximate surface area is 229 Å². The van der Waals surface area contributed by atoms with E-state index in [0.717, 1.165) is 23.7 Å². The normalized spacial score (nSPS) is 19.5. The van der Waals surface area contributed by atoms with Crippen molar-refractivity contribution in [1.29, 1.82) is 0 Å². The van der Waals surface area contributed by atoms with Crippen LogP contribution in [0.5, 0.6) is 0 Å². The number of halogens is 3. The molecule has 0 atom stereocenters. The summed E-state index contributed by atoms with van der Waals surface area (Å²) in [6.07, 6.45) is 1.51. The molecule has 2 aliphatic rings. The van der Waals surface area contributed by atoms with Crippen LogP contribution in [-0.2, 0) is 26.3 Å². The first-order valence-corrected chi connectivity index (χ1v) is 16.3. The Kier molecular flexibility index (Phi) is 8.99. The van der Waals surface area contributed by atoms with Gasteiger partial charge in [-0.2, -0.15) is 0 Å². The number of alkyl halides is 2. The first-order chi connectivity index (χ1) is 18.3. The fraction of sp³-hybridized carbons (Fsp3) is 0.556. The Morgan fingerprint density at radius 1 is 0.897 bits per heavy atom. The SMILES string of the molecule is CN(C)S(=O)(=O)c1ccc(S(=O)(=O)CCc2cccc(F)c2N2CCC(CN3CCC(F)(F)CC3)CC2)cc1. The van der Waals surface area contributed by atoms with Crippen LogP contribution < -0.4 is 4.90 Å². The molecule has 0 unspecified atom stereocenters. The molecule has 0 spiro atoms. The minimum absolute atomic E-state index is 0.000458. The van der Waals surface area contributed by atoms with Gasteiger partial charge in [-0.15, -0.1) is 0 Å². The smallest absolute Gasteiger partial charge is 0.250 e. The van der Waals surface area contributed by atoms with E-state index in [1.807, 2.05) is 4.90 Å². The molecule has 7 nitrogen and oxygen atoms in total. The molecule has 0 saturated carbocycles. The summed E-state index contributed by atoms with van der Waals surface area (Å²) in [5.74, 6) is -2.87. The topological polar surface area (TPSA) is 78.0 Å². The first kappa shape index (κ1) is 29.8. The summed E-state index contributed by atoms with van der Waals surface area (Å²) in [6.45, 7) is 2.77. The first-order valence-electron chi connectivity index (χ1n) is 13.2. The van der Waals surface area contributed by atoms with E-state index >= 15 is 4.39 Å². The monoisotopic (exact) mass is 587 g/mol. The molecule has 2 aromatic rings. The van der Waals surface area contributed by atoms with E-state index in [9.17, 15) is 25.6 Å². The molecule has 0 radical (unpaired) electrons. The van der Waals surface area contributed by atoms with E-state index < -0.39 is 31.6 Å². The Morgan fingerprint density at radius 2 is 1.49 bits per heavy atom. The zero-order valence-electron chi connectivity index (χ0n) is 22.3. The van der Waals surface area contributed by atoms with Crippen LogP contribution in [0.25, 0.3) is 0 Å². The van der Waals surface area contributed by atoms with Gasteiger partial charge in [-0.25, -0.2) is 34.3 Å². The van der Waals surface area contributed by atoms with Gasteiger partial charge in [0.25, 0.3) is 5.92 Å². The van der Waals surface area contributed by atoms with Crippen molar-refractivity contribution in [2.45, 2.75) is 47.8 Å². The van der Waals surface area contributed by atoms with Gasteiger partial charge in [-0.05, 0) is 61.1 Å². The Balaban J connectivity index is 1.39. The Morgan fingerprint density at radius 3 is 2.08 bits per heavy atom. The largest absolute Gasteiger partial charge is 0.369 e. The Hall–Kier alpha value is -2.15. The second-order valence-electron chi connectivity index (χ2n) is 10.7. The second-order valence-corrected chi connectivity index (χ2v) is 14.9. The average Bonchev–Trinajstić information content (AvgIpc) is 2.89. The number of sulfone groups is 1. The molecule has 12 heteroatoms. The van der Waals surface area contributed by atoms with Crippen molar-refractivity contribution >= 4 is 25.5 Å². The van der Waals surface area contributed by atoms with Gasteiger partial charge in [0.05, 0.1) is 21.2 Å². The number of likely N-dealkylation sites (tertiary alicyclic amines) is 1. The fourth-order valence-electron chi connectivity index (χ4n) is 5.27. The van der Waals surface area contributed by atoms with E-state index in [4.69, 9.17) is 0 Å². The molecule has 0 aliphatic carbocycles. The van der Waals surface area contributed by atoms with Crippen LogP contribution in [0.4, 0.5) is 18.9 Å². The highest BCUT2D eigenvalue weighted by atomic mass is 32.2. The maximum atomic E-state index is 15.0. The van der Waals surface area contributed by atoms with Crippen LogP contribution in [0.1, 0.15) is 31.2 Å². The lowest BCUT2D eigenvalue weighted by atomic mass is 9.94. The van der Waals surface area contributed by atoms with Crippen molar-refractivity contribution in [3.63, 3.8) is 0 Å². The number of piperidine rings is 2. The molecular formula is C27H36F3N3O4S2. The molecule has 2 heterocycles. The van der Waals surface area contributed by atoms with Gasteiger partial charge in [0, 0.05) is 59.7 Å². The number of hydrogen-bond acceptors (Lipinski definition) is 6. The third-order valence-electron chi connectivity index (χ3n) is 7.71. The van der Waals surface area contributed by atoms with Gasteiger partial charge in [0.15, 0.2) is 9.84 Å². The van der Waals surface area contributed by atoms with E-state index in [1.54, 1.807) is 12.1 Å². The lowest BCUT2D eigenvalue weighted by molar-refractivity contribution is -0.0577. The van der Waals surface area contributed by atoms with Crippen LogP contribution >= 0.6 is 0 Å². The summed E-state index contributed by atoms with van der Waals surface area (Å²) in [5.41, 5.74) is 1.01. The molecule has 0 bridgehead atoms. The summed E-state index contributed by atoms with van der Waals surface area (Å²) >= 11 is 0. The molecule has 0 aromatic heterocycles. The molecule has 2 aliphatic heterocycles. The molecule has 4 rings (SSSR count). The zero-order chi connectivity index (χ0) is 28.4. The maximum Gasteiger partial charge on any atom is 0.250 e. The predicted octanol–water partition coefficient (Wildman–Crippen LogP) is 4.04. The van der Waals surface area contributed by atoms with Crippen molar-refractivity contribution in [2.24, 2.45) is 5.92 Å². The number of nitrogens with zero attached hydrogens (tertiary/aromatic N) is 3. The molecule has 2 fully saturated rings. The number of para-hydroxylation sites is 1. The van der Waals surface area contributed by atoms with E-state index in [-0.39, 0.29) is 34.8 Å². The molecule has 216 valence electrons. The van der Waals surface area contributed by atoms with Crippen molar-refractivity contribution in [3.8, 4) is 0 Å². The average molecular weight is 588 g/mol.